The lowest BCUT2D eigenvalue weighted by atomic mass is 9.95. The maximum atomic E-state index is 5.23. The maximum Gasteiger partial charge on any atom is 0.221 e. The van der Waals surface area contributed by atoms with Crippen molar-refractivity contribution >= 4 is 17.6 Å². The van der Waals surface area contributed by atoms with E-state index in [0.29, 0.717) is 17.2 Å². The summed E-state index contributed by atoms with van der Waals surface area (Å²) in [7, 11) is 1.64. The molecule has 0 spiro atoms. The predicted octanol–water partition coefficient (Wildman–Crippen LogP) is 2.88. The van der Waals surface area contributed by atoms with E-state index in [0.717, 1.165) is 11.4 Å². The quantitative estimate of drug-likeness (QED) is 0.909. The van der Waals surface area contributed by atoms with Gasteiger partial charge in [0.1, 0.15) is 12.1 Å². The Hall–Kier alpha value is -0.970. The summed E-state index contributed by atoms with van der Waals surface area (Å²) >= 11 is 1.95. The van der Waals surface area contributed by atoms with Crippen LogP contribution in [0.2, 0.25) is 0 Å². The fourth-order valence-corrected chi connectivity index (χ4v) is 3.44. The van der Waals surface area contributed by atoms with Crippen LogP contribution in [0.3, 0.4) is 0 Å². The van der Waals surface area contributed by atoms with Crippen molar-refractivity contribution in [2.45, 2.75) is 43.9 Å². The van der Waals surface area contributed by atoms with Crippen LogP contribution in [0.4, 0.5) is 5.82 Å². The van der Waals surface area contributed by atoms with Crippen LogP contribution in [0, 0.1) is 6.92 Å². The fourth-order valence-electron chi connectivity index (χ4n) is 2.50. The highest BCUT2D eigenvalue weighted by Gasteiger charge is 2.25. The summed E-state index contributed by atoms with van der Waals surface area (Å²) in [5, 5.41) is 4.25. The Morgan fingerprint density at radius 2 is 2.11 bits per heavy atom. The summed E-state index contributed by atoms with van der Waals surface area (Å²) in [6.07, 6.45) is 8.91. The van der Waals surface area contributed by atoms with E-state index < -0.39 is 0 Å². The van der Waals surface area contributed by atoms with Gasteiger partial charge in [-0.15, -0.1) is 0 Å². The molecule has 1 saturated carbocycles. The Balaban J connectivity index is 2.12. The summed E-state index contributed by atoms with van der Waals surface area (Å²) in [6.45, 7) is 2.00. The summed E-state index contributed by atoms with van der Waals surface area (Å²) in [5.41, 5.74) is 0.991. The molecule has 18 heavy (non-hydrogen) atoms. The van der Waals surface area contributed by atoms with Crippen molar-refractivity contribution < 1.29 is 4.74 Å². The summed E-state index contributed by atoms with van der Waals surface area (Å²) < 4.78 is 5.23. The first kappa shape index (κ1) is 13.5. The van der Waals surface area contributed by atoms with Crippen molar-refractivity contribution in [1.29, 1.82) is 0 Å². The number of thioether (sulfide) groups is 1. The van der Waals surface area contributed by atoms with Crippen LogP contribution in [0.25, 0.3) is 0 Å². The second-order valence-corrected chi connectivity index (χ2v) is 5.74. The summed E-state index contributed by atoms with van der Waals surface area (Å²) in [5.74, 6) is 1.57. The van der Waals surface area contributed by atoms with Crippen LogP contribution in [0.15, 0.2) is 6.33 Å². The Morgan fingerprint density at radius 1 is 1.33 bits per heavy atom. The molecule has 1 aromatic heterocycles. The van der Waals surface area contributed by atoms with Crippen LogP contribution in [-0.4, -0.2) is 34.6 Å². The Morgan fingerprint density at radius 3 is 2.83 bits per heavy atom. The average Bonchev–Trinajstić information content (AvgIpc) is 2.42. The van der Waals surface area contributed by atoms with Crippen LogP contribution < -0.4 is 10.1 Å². The molecule has 1 heterocycles. The van der Waals surface area contributed by atoms with E-state index in [-0.39, 0.29) is 0 Å². The highest BCUT2D eigenvalue weighted by molar-refractivity contribution is 7.99. The monoisotopic (exact) mass is 267 g/mol. The van der Waals surface area contributed by atoms with Crippen molar-refractivity contribution in [1.82, 2.24) is 9.97 Å². The van der Waals surface area contributed by atoms with E-state index in [1.807, 2.05) is 18.7 Å². The number of rotatable bonds is 4. The Kier molecular flexibility index (Phi) is 4.69. The molecule has 2 atom stereocenters. The minimum atomic E-state index is 0.507. The molecule has 1 aromatic rings. The third-order valence-electron chi connectivity index (χ3n) is 3.56. The van der Waals surface area contributed by atoms with Gasteiger partial charge in [-0.3, -0.25) is 0 Å². The molecule has 2 rings (SSSR count). The van der Waals surface area contributed by atoms with Gasteiger partial charge in [-0.25, -0.2) is 9.97 Å². The minimum absolute atomic E-state index is 0.507. The number of nitrogens with zero attached hydrogens (tertiary/aromatic N) is 2. The van der Waals surface area contributed by atoms with E-state index >= 15 is 0 Å². The van der Waals surface area contributed by atoms with Gasteiger partial charge in [-0.2, -0.15) is 11.8 Å². The molecular formula is C13H21N3OS. The summed E-state index contributed by atoms with van der Waals surface area (Å²) in [4.78, 5) is 8.45. The molecular weight excluding hydrogens is 246 g/mol. The number of hydrogen-bond acceptors (Lipinski definition) is 5. The number of methoxy groups -OCH3 is 1. The van der Waals surface area contributed by atoms with Gasteiger partial charge in [0.05, 0.1) is 12.7 Å². The van der Waals surface area contributed by atoms with Gasteiger partial charge in [0.25, 0.3) is 0 Å². The Labute approximate surface area is 113 Å². The lowest BCUT2D eigenvalue weighted by Crippen LogP contribution is -2.34. The van der Waals surface area contributed by atoms with E-state index in [4.69, 9.17) is 4.74 Å². The van der Waals surface area contributed by atoms with Gasteiger partial charge < -0.3 is 10.1 Å². The molecule has 0 aliphatic heterocycles. The average molecular weight is 267 g/mol. The molecule has 0 aromatic carbocycles. The first-order chi connectivity index (χ1) is 8.76. The molecule has 2 unspecified atom stereocenters. The zero-order valence-corrected chi connectivity index (χ0v) is 12.1. The Bertz CT molecular complexity index is 400. The van der Waals surface area contributed by atoms with Crippen molar-refractivity contribution in [2.24, 2.45) is 0 Å². The van der Waals surface area contributed by atoms with Crippen LogP contribution in [-0.2, 0) is 0 Å². The second-order valence-electron chi connectivity index (χ2n) is 4.67. The standard InChI is InChI=1S/C13H21N3OS/c1-9-12(14-8-15-13(9)17-2)16-10-6-4-5-7-11(10)18-3/h8,10-11H,4-7H2,1-3H3,(H,14,15,16). The highest BCUT2D eigenvalue weighted by atomic mass is 32.2. The minimum Gasteiger partial charge on any atom is -0.481 e. The molecule has 4 nitrogen and oxygen atoms in total. The topological polar surface area (TPSA) is 47.0 Å². The molecule has 0 bridgehead atoms. The molecule has 1 aliphatic rings. The van der Waals surface area contributed by atoms with E-state index in [1.165, 1.54) is 25.7 Å². The molecule has 100 valence electrons. The molecule has 1 N–H and O–H groups in total. The van der Waals surface area contributed by atoms with E-state index in [1.54, 1.807) is 13.4 Å². The van der Waals surface area contributed by atoms with Gasteiger partial charge in [0, 0.05) is 11.3 Å². The van der Waals surface area contributed by atoms with Crippen molar-refractivity contribution in [3.8, 4) is 5.88 Å². The van der Waals surface area contributed by atoms with Gasteiger partial charge in [0.15, 0.2) is 0 Å². The smallest absolute Gasteiger partial charge is 0.221 e. The second kappa shape index (κ2) is 6.27. The molecule has 0 radical (unpaired) electrons. The molecule has 1 aliphatic carbocycles. The first-order valence-corrected chi connectivity index (χ1v) is 7.70. The summed E-state index contributed by atoms with van der Waals surface area (Å²) in [6, 6.07) is 0.507. The van der Waals surface area contributed by atoms with E-state index in [2.05, 4.69) is 21.5 Å². The van der Waals surface area contributed by atoms with Crippen LogP contribution >= 0.6 is 11.8 Å². The molecule has 0 saturated heterocycles. The van der Waals surface area contributed by atoms with Gasteiger partial charge in [0.2, 0.25) is 5.88 Å². The fraction of sp³-hybridized carbons (Fsp3) is 0.692. The van der Waals surface area contributed by atoms with Crippen molar-refractivity contribution in [3.63, 3.8) is 0 Å². The molecule has 0 amide bonds. The van der Waals surface area contributed by atoms with Crippen LogP contribution in [0.5, 0.6) is 5.88 Å². The van der Waals surface area contributed by atoms with Crippen LogP contribution in [0.1, 0.15) is 31.2 Å². The number of ether oxygens (including phenoxy) is 1. The van der Waals surface area contributed by atoms with Gasteiger partial charge in [-0.1, -0.05) is 12.8 Å². The lowest BCUT2D eigenvalue weighted by Gasteiger charge is -2.31. The maximum absolute atomic E-state index is 5.23. The largest absolute Gasteiger partial charge is 0.481 e. The SMILES string of the molecule is COc1ncnc(NC2CCCCC2SC)c1C. The third-order valence-corrected chi connectivity index (χ3v) is 4.73. The van der Waals surface area contributed by atoms with Crippen molar-refractivity contribution in [3.05, 3.63) is 11.9 Å². The van der Waals surface area contributed by atoms with Gasteiger partial charge >= 0.3 is 0 Å². The normalized spacial score (nSPS) is 23.7. The first-order valence-electron chi connectivity index (χ1n) is 6.41. The highest BCUT2D eigenvalue weighted by Crippen LogP contribution is 2.30. The molecule has 1 fully saturated rings. The predicted molar refractivity (Wildman–Crippen MR) is 76.5 cm³/mol. The third kappa shape index (κ3) is 2.88. The molecule has 5 heteroatoms. The zero-order valence-electron chi connectivity index (χ0n) is 11.3. The van der Waals surface area contributed by atoms with E-state index in [9.17, 15) is 0 Å². The van der Waals surface area contributed by atoms with Gasteiger partial charge in [-0.05, 0) is 26.0 Å². The van der Waals surface area contributed by atoms with Crippen molar-refractivity contribution in [2.75, 3.05) is 18.7 Å². The number of anilines is 1. The number of aromatic nitrogens is 2. The lowest BCUT2D eigenvalue weighted by molar-refractivity contribution is 0.393. The number of hydrogen-bond donors (Lipinski definition) is 1. The number of nitrogens with one attached hydrogen (secondary N) is 1. The zero-order chi connectivity index (χ0) is 13.0.